The van der Waals surface area contributed by atoms with E-state index in [-0.39, 0.29) is 30.2 Å². The predicted molar refractivity (Wildman–Crippen MR) is 96.6 cm³/mol. The van der Waals surface area contributed by atoms with Gasteiger partial charge in [0, 0.05) is 24.2 Å². The first-order chi connectivity index (χ1) is 11.6. The Morgan fingerprint density at radius 2 is 1.88 bits per heavy atom. The van der Waals surface area contributed by atoms with Gasteiger partial charge in [-0.15, -0.1) is 12.4 Å². The minimum absolute atomic E-state index is 0. The zero-order chi connectivity index (χ0) is 16.9. The van der Waals surface area contributed by atoms with Gasteiger partial charge in [0.1, 0.15) is 0 Å². The molecule has 1 aliphatic heterocycles. The smallest absolute Gasteiger partial charge is 0.195 e. The molecule has 0 saturated carbocycles. The van der Waals surface area contributed by atoms with Crippen molar-refractivity contribution in [3.05, 3.63) is 65.2 Å². The molecule has 0 atom stereocenters. The molecule has 0 saturated heterocycles. The van der Waals surface area contributed by atoms with E-state index in [1.807, 2.05) is 24.3 Å². The number of carbonyl (C=O) groups excluding carboxylic acids is 1. The van der Waals surface area contributed by atoms with Crippen molar-refractivity contribution in [2.24, 2.45) is 4.99 Å². The second kappa shape index (κ2) is 8.58. The van der Waals surface area contributed by atoms with E-state index in [4.69, 9.17) is 0 Å². The molecule has 1 aliphatic rings. The highest BCUT2D eigenvalue weighted by molar-refractivity contribution is 5.96. The van der Waals surface area contributed by atoms with Crippen molar-refractivity contribution in [3.8, 4) is 0 Å². The average Bonchev–Trinajstić information content (AvgIpc) is 3.09. The first-order valence-corrected chi connectivity index (χ1v) is 7.74. The third-order valence-electron chi connectivity index (χ3n) is 3.77. The lowest BCUT2D eigenvalue weighted by molar-refractivity contribution is 0.0982. The van der Waals surface area contributed by atoms with Gasteiger partial charge in [-0.2, -0.15) is 0 Å². The van der Waals surface area contributed by atoms with Crippen LogP contribution >= 0.6 is 12.4 Å². The Morgan fingerprint density at radius 3 is 2.52 bits per heavy atom. The summed E-state index contributed by atoms with van der Waals surface area (Å²) in [7, 11) is 0. The van der Waals surface area contributed by atoms with Crippen LogP contribution in [0.4, 0.5) is 14.5 Å². The molecule has 132 valence electrons. The summed E-state index contributed by atoms with van der Waals surface area (Å²) in [5, 5.41) is 6.29. The number of guanidine groups is 1. The summed E-state index contributed by atoms with van der Waals surface area (Å²) in [6, 6.07) is 10.9. The van der Waals surface area contributed by atoms with Crippen molar-refractivity contribution in [2.45, 2.75) is 12.8 Å². The van der Waals surface area contributed by atoms with Gasteiger partial charge in [-0.25, -0.2) is 8.78 Å². The fourth-order valence-electron chi connectivity index (χ4n) is 2.44. The van der Waals surface area contributed by atoms with Crippen LogP contribution in [0.2, 0.25) is 0 Å². The van der Waals surface area contributed by atoms with Gasteiger partial charge in [0.05, 0.1) is 6.54 Å². The fraction of sp³-hybridized carbons (Fsp3) is 0.222. The summed E-state index contributed by atoms with van der Waals surface area (Å²) in [4.78, 5) is 16.3. The van der Waals surface area contributed by atoms with Crippen LogP contribution < -0.4 is 10.6 Å². The number of Topliss-reactive ketones (excluding diaryl/α,β-unsaturated/α-hetero) is 1. The van der Waals surface area contributed by atoms with E-state index in [0.717, 1.165) is 42.4 Å². The standard InChI is InChI=1S/C18H17F2N3O.ClH/c19-15-7-4-13(11-16(15)20)17(24)8-3-12-1-5-14(6-2-12)23-18-21-9-10-22-18;/h1-2,4-7,11H,3,8-10H2,(H2,21,22,23);1H. The van der Waals surface area contributed by atoms with Gasteiger partial charge in [0.15, 0.2) is 23.4 Å². The van der Waals surface area contributed by atoms with Gasteiger partial charge in [-0.1, -0.05) is 12.1 Å². The number of rotatable bonds is 5. The number of nitrogens with zero attached hydrogens (tertiary/aromatic N) is 1. The summed E-state index contributed by atoms with van der Waals surface area (Å²) in [5.41, 5.74) is 2.11. The monoisotopic (exact) mass is 365 g/mol. The molecule has 0 radical (unpaired) electrons. The van der Waals surface area contributed by atoms with E-state index in [0.29, 0.717) is 6.42 Å². The maximum absolute atomic E-state index is 13.2. The number of aliphatic imine (C=N–C) groups is 1. The minimum Gasteiger partial charge on any atom is -0.354 e. The largest absolute Gasteiger partial charge is 0.354 e. The van der Waals surface area contributed by atoms with Crippen LogP contribution in [-0.4, -0.2) is 24.8 Å². The third-order valence-corrected chi connectivity index (χ3v) is 3.77. The average molecular weight is 366 g/mol. The van der Waals surface area contributed by atoms with Crippen LogP contribution in [0.3, 0.4) is 0 Å². The second-order valence-corrected chi connectivity index (χ2v) is 5.53. The fourth-order valence-corrected chi connectivity index (χ4v) is 2.44. The maximum Gasteiger partial charge on any atom is 0.195 e. The Bertz CT molecular complexity index is 778. The second-order valence-electron chi connectivity index (χ2n) is 5.53. The molecule has 0 aromatic heterocycles. The Morgan fingerprint density at radius 1 is 1.12 bits per heavy atom. The molecule has 1 heterocycles. The normalized spacial score (nSPS) is 12.8. The van der Waals surface area contributed by atoms with Gasteiger partial charge in [0.2, 0.25) is 0 Å². The van der Waals surface area contributed by atoms with Crippen molar-refractivity contribution in [1.29, 1.82) is 0 Å². The van der Waals surface area contributed by atoms with Crippen LogP contribution in [-0.2, 0) is 6.42 Å². The SMILES string of the molecule is Cl.O=C(CCc1ccc(NC2=NCCN2)cc1)c1ccc(F)c(F)c1. The summed E-state index contributed by atoms with van der Waals surface area (Å²) in [6.07, 6.45) is 0.781. The highest BCUT2D eigenvalue weighted by Gasteiger charge is 2.10. The molecule has 25 heavy (non-hydrogen) atoms. The Hall–Kier alpha value is -2.47. The number of halogens is 3. The van der Waals surface area contributed by atoms with Crippen molar-refractivity contribution >= 4 is 29.8 Å². The molecule has 0 amide bonds. The molecule has 4 nitrogen and oxygen atoms in total. The van der Waals surface area contributed by atoms with Crippen molar-refractivity contribution in [1.82, 2.24) is 5.32 Å². The van der Waals surface area contributed by atoms with Crippen molar-refractivity contribution < 1.29 is 13.6 Å². The van der Waals surface area contributed by atoms with E-state index in [1.165, 1.54) is 6.07 Å². The van der Waals surface area contributed by atoms with Crippen LogP contribution in [0, 0.1) is 11.6 Å². The van der Waals surface area contributed by atoms with Gasteiger partial charge in [0.25, 0.3) is 0 Å². The molecular formula is C18H18ClF2N3O. The van der Waals surface area contributed by atoms with E-state index in [2.05, 4.69) is 15.6 Å². The number of ketones is 1. The van der Waals surface area contributed by atoms with E-state index < -0.39 is 11.6 Å². The molecule has 7 heteroatoms. The summed E-state index contributed by atoms with van der Waals surface area (Å²) < 4.78 is 26.1. The van der Waals surface area contributed by atoms with Crippen molar-refractivity contribution in [3.63, 3.8) is 0 Å². The molecule has 0 spiro atoms. The molecule has 0 bridgehead atoms. The van der Waals surface area contributed by atoms with Gasteiger partial charge in [-0.3, -0.25) is 9.79 Å². The zero-order valence-electron chi connectivity index (χ0n) is 13.4. The summed E-state index contributed by atoms with van der Waals surface area (Å²) >= 11 is 0. The number of hydrogen-bond donors (Lipinski definition) is 2. The summed E-state index contributed by atoms with van der Waals surface area (Å²) in [6.45, 7) is 1.61. The Kier molecular flexibility index (Phi) is 6.47. The maximum atomic E-state index is 13.2. The van der Waals surface area contributed by atoms with Gasteiger partial charge < -0.3 is 10.6 Å². The van der Waals surface area contributed by atoms with Crippen LogP contribution in [0.5, 0.6) is 0 Å². The van der Waals surface area contributed by atoms with Gasteiger partial charge in [-0.05, 0) is 42.3 Å². The van der Waals surface area contributed by atoms with Crippen LogP contribution in [0.1, 0.15) is 22.3 Å². The lowest BCUT2D eigenvalue weighted by Crippen LogP contribution is -2.26. The molecular weight excluding hydrogens is 348 g/mol. The first kappa shape index (κ1) is 18.9. The van der Waals surface area contributed by atoms with E-state index >= 15 is 0 Å². The molecule has 2 N–H and O–H groups in total. The first-order valence-electron chi connectivity index (χ1n) is 7.74. The molecule has 0 fully saturated rings. The molecule has 0 aliphatic carbocycles. The topological polar surface area (TPSA) is 53.5 Å². The number of aryl methyl sites for hydroxylation is 1. The Balaban J connectivity index is 0.00000225. The number of anilines is 1. The lowest BCUT2D eigenvalue weighted by atomic mass is 10.0. The number of benzene rings is 2. The Labute approximate surface area is 150 Å². The molecule has 2 aromatic rings. The third kappa shape index (κ3) is 5.00. The predicted octanol–water partition coefficient (Wildman–Crippen LogP) is 3.57. The zero-order valence-corrected chi connectivity index (χ0v) is 14.2. The number of hydrogen-bond acceptors (Lipinski definition) is 4. The quantitative estimate of drug-likeness (QED) is 0.796. The van der Waals surface area contributed by atoms with E-state index in [9.17, 15) is 13.6 Å². The lowest BCUT2D eigenvalue weighted by Gasteiger charge is -2.07. The molecule has 2 aromatic carbocycles. The molecule has 3 rings (SSSR count). The van der Waals surface area contributed by atoms with Crippen LogP contribution in [0.15, 0.2) is 47.5 Å². The minimum atomic E-state index is -1.00. The van der Waals surface area contributed by atoms with Crippen molar-refractivity contribution in [2.75, 3.05) is 18.4 Å². The van der Waals surface area contributed by atoms with Crippen LogP contribution in [0.25, 0.3) is 0 Å². The van der Waals surface area contributed by atoms with Gasteiger partial charge >= 0.3 is 0 Å². The molecule has 0 unspecified atom stereocenters. The van der Waals surface area contributed by atoms with E-state index in [1.54, 1.807) is 0 Å². The summed E-state index contributed by atoms with van der Waals surface area (Å²) in [5.74, 6) is -1.40. The highest BCUT2D eigenvalue weighted by Crippen LogP contribution is 2.15. The highest BCUT2D eigenvalue weighted by atomic mass is 35.5. The number of carbonyl (C=O) groups is 1. The number of nitrogens with one attached hydrogen (secondary N) is 2.